The molecule has 2 aliphatic rings. The van der Waals surface area contributed by atoms with E-state index < -0.39 is 11.4 Å². The lowest BCUT2D eigenvalue weighted by Crippen LogP contribution is -2.47. The van der Waals surface area contributed by atoms with Gasteiger partial charge in [-0.3, -0.25) is 9.59 Å². The Hall–Kier alpha value is -1.95. The van der Waals surface area contributed by atoms with E-state index in [4.69, 9.17) is 4.74 Å². The van der Waals surface area contributed by atoms with Crippen LogP contribution in [0, 0.1) is 11.2 Å². The molecular formula is C15H16FNO4. The predicted molar refractivity (Wildman–Crippen MR) is 71.0 cm³/mol. The van der Waals surface area contributed by atoms with Crippen molar-refractivity contribution in [1.29, 1.82) is 0 Å². The number of benzene rings is 1. The summed E-state index contributed by atoms with van der Waals surface area (Å²) in [6.45, 7) is 1.05. The molecule has 1 atom stereocenters. The molecule has 1 N–H and O–H groups in total. The highest BCUT2D eigenvalue weighted by atomic mass is 19.1. The SMILES string of the molecule is O=C(O)C1(C(=O)N2CCO[C@H](c3ccc(F)cc3)C2)CC1. The lowest BCUT2D eigenvalue weighted by Gasteiger charge is -2.34. The molecule has 1 heterocycles. The quantitative estimate of drug-likeness (QED) is 0.859. The Kier molecular flexibility index (Phi) is 3.41. The third-order valence-corrected chi connectivity index (χ3v) is 4.16. The molecule has 0 spiro atoms. The van der Waals surface area contributed by atoms with Gasteiger partial charge in [0.25, 0.3) is 0 Å². The summed E-state index contributed by atoms with van der Waals surface area (Å²) in [5, 5.41) is 9.20. The summed E-state index contributed by atoms with van der Waals surface area (Å²) in [6.07, 6.45) is 0.465. The Morgan fingerprint density at radius 3 is 2.52 bits per heavy atom. The number of carbonyl (C=O) groups excluding carboxylic acids is 1. The molecule has 1 aromatic carbocycles. The lowest BCUT2D eigenvalue weighted by molar-refractivity contribution is -0.157. The highest BCUT2D eigenvalue weighted by Crippen LogP contribution is 2.48. The third-order valence-electron chi connectivity index (χ3n) is 4.16. The standard InChI is InChI=1S/C15H16FNO4/c16-11-3-1-10(2-4-11)12-9-17(7-8-21-12)13(18)15(5-6-15)14(19)20/h1-4,12H,5-9H2,(H,19,20)/t12-/m0/s1. The zero-order valence-electron chi connectivity index (χ0n) is 11.4. The van der Waals surface area contributed by atoms with Crippen molar-refractivity contribution in [3.05, 3.63) is 35.6 Å². The van der Waals surface area contributed by atoms with Crippen LogP contribution in [0.4, 0.5) is 4.39 Å². The Labute approximate surface area is 121 Å². The van der Waals surface area contributed by atoms with Crippen molar-refractivity contribution in [3.8, 4) is 0 Å². The van der Waals surface area contributed by atoms with E-state index in [2.05, 4.69) is 0 Å². The van der Waals surface area contributed by atoms with Crippen LogP contribution < -0.4 is 0 Å². The molecule has 1 aromatic rings. The molecule has 112 valence electrons. The molecule has 5 nitrogen and oxygen atoms in total. The van der Waals surface area contributed by atoms with Gasteiger partial charge in [-0.25, -0.2) is 4.39 Å². The van der Waals surface area contributed by atoms with Gasteiger partial charge in [-0.15, -0.1) is 0 Å². The van der Waals surface area contributed by atoms with Crippen molar-refractivity contribution >= 4 is 11.9 Å². The van der Waals surface area contributed by atoms with Gasteiger partial charge in [-0.1, -0.05) is 12.1 Å². The minimum atomic E-state index is -1.22. The zero-order chi connectivity index (χ0) is 15.0. The van der Waals surface area contributed by atoms with Gasteiger partial charge in [-0.2, -0.15) is 0 Å². The van der Waals surface area contributed by atoms with Crippen molar-refractivity contribution < 1.29 is 23.8 Å². The van der Waals surface area contributed by atoms with Gasteiger partial charge in [0, 0.05) is 6.54 Å². The second-order valence-electron chi connectivity index (χ2n) is 5.55. The Balaban J connectivity index is 1.73. The average molecular weight is 293 g/mol. The van der Waals surface area contributed by atoms with E-state index in [9.17, 15) is 19.1 Å². The molecule has 1 aliphatic carbocycles. The maximum absolute atomic E-state index is 12.9. The number of amides is 1. The summed E-state index contributed by atoms with van der Waals surface area (Å²) < 4.78 is 18.6. The monoisotopic (exact) mass is 293 g/mol. The lowest BCUT2D eigenvalue weighted by atomic mass is 10.0. The first-order chi connectivity index (χ1) is 10.0. The second-order valence-corrected chi connectivity index (χ2v) is 5.55. The van der Waals surface area contributed by atoms with E-state index in [1.54, 1.807) is 17.0 Å². The minimum Gasteiger partial charge on any atom is -0.480 e. The van der Waals surface area contributed by atoms with Crippen LogP contribution in [0.15, 0.2) is 24.3 Å². The third kappa shape index (κ3) is 2.51. The summed E-state index contributed by atoms with van der Waals surface area (Å²) in [4.78, 5) is 25.2. The first-order valence-electron chi connectivity index (χ1n) is 6.93. The van der Waals surface area contributed by atoms with E-state index in [0.717, 1.165) is 5.56 Å². The van der Waals surface area contributed by atoms with Crippen LogP contribution in [0.5, 0.6) is 0 Å². The van der Waals surface area contributed by atoms with E-state index in [1.165, 1.54) is 12.1 Å². The van der Waals surface area contributed by atoms with E-state index in [1.807, 2.05) is 0 Å². The van der Waals surface area contributed by atoms with Gasteiger partial charge in [0.05, 0.1) is 13.2 Å². The molecule has 3 rings (SSSR count). The predicted octanol–water partition coefficient (Wildman–Crippen LogP) is 1.59. The summed E-state index contributed by atoms with van der Waals surface area (Å²) in [5.74, 6) is -1.70. The smallest absolute Gasteiger partial charge is 0.319 e. The number of aliphatic carboxylic acids is 1. The van der Waals surface area contributed by atoms with Crippen LogP contribution >= 0.6 is 0 Å². The van der Waals surface area contributed by atoms with Crippen molar-refractivity contribution in [3.63, 3.8) is 0 Å². The van der Waals surface area contributed by atoms with E-state index in [0.29, 0.717) is 32.5 Å². The normalized spacial score (nSPS) is 23.7. The number of ether oxygens (including phenoxy) is 1. The average Bonchev–Trinajstić information content (AvgIpc) is 3.29. The maximum atomic E-state index is 12.9. The van der Waals surface area contributed by atoms with Crippen LogP contribution in [-0.2, 0) is 14.3 Å². The number of rotatable bonds is 3. The number of carboxylic acids is 1. The van der Waals surface area contributed by atoms with Crippen LogP contribution in [0.3, 0.4) is 0 Å². The van der Waals surface area contributed by atoms with Crippen molar-refractivity contribution in [2.75, 3.05) is 19.7 Å². The van der Waals surface area contributed by atoms with Gasteiger partial charge in [-0.05, 0) is 30.5 Å². The second kappa shape index (κ2) is 5.11. The molecule has 0 aromatic heterocycles. The number of halogens is 1. The maximum Gasteiger partial charge on any atom is 0.319 e. The van der Waals surface area contributed by atoms with Gasteiger partial charge < -0.3 is 14.7 Å². The first-order valence-corrected chi connectivity index (χ1v) is 6.93. The first kappa shape index (κ1) is 14.0. The van der Waals surface area contributed by atoms with Crippen LogP contribution in [-0.4, -0.2) is 41.6 Å². The number of hydrogen-bond donors (Lipinski definition) is 1. The highest BCUT2D eigenvalue weighted by Gasteiger charge is 2.58. The van der Waals surface area contributed by atoms with Crippen LogP contribution in [0.1, 0.15) is 24.5 Å². The summed E-state index contributed by atoms with van der Waals surface area (Å²) >= 11 is 0. The van der Waals surface area contributed by atoms with Crippen LogP contribution in [0.25, 0.3) is 0 Å². The van der Waals surface area contributed by atoms with Crippen LogP contribution in [0.2, 0.25) is 0 Å². The number of nitrogens with zero attached hydrogens (tertiary/aromatic N) is 1. The molecule has 6 heteroatoms. The zero-order valence-corrected chi connectivity index (χ0v) is 11.4. The summed E-state index contributed by atoms with van der Waals surface area (Å²) in [5.41, 5.74) is -0.431. The van der Waals surface area contributed by atoms with Gasteiger partial charge >= 0.3 is 5.97 Å². The molecule has 1 aliphatic heterocycles. The van der Waals surface area contributed by atoms with Gasteiger partial charge in [0.2, 0.25) is 5.91 Å². The Bertz CT molecular complexity index is 568. The Morgan fingerprint density at radius 2 is 1.95 bits per heavy atom. The van der Waals surface area contributed by atoms with E-state index >= 15 is 0 Å². The minimum absolute atomic E-state index is 0.305. The fraction of sp³-hybridized carbons (Fsp3) is 0.467. The van der Waals surface area contributed by atoms with Crippen molar-refractivity contribution in [2.45, 2.75) is 18.9 Å². The molecule has 21 heavy (non-hydrogen) atoms. The largest absolute Gasteiger partial charge is 0.480 e. The highest BCUT2D eigenvalue weighted by molar-refractivity contribution is 6.04. The summed E-state index contributed by atoms with van der Waals surface area (Å²) in [6, 6.07) is 5.94. The topological polar surface area (TPSA) is 66.8 Å². The molecule has 0 radical (unpaired) electrons. The van der Waals surface area contributed by atoms with Crippen molar-refractivity contribution in [2.24, 2.45) is 5.41 Å². The van der Waals surface area contributed by atoms with Gasteiger partial charge in [0.1, 0.15) is 17.3 Å². The molecule has 1 amide bonds. The van der Waals surface area contributed by atoms with E-state index in [-0.39, 0.29) is 17.8 Å². The molecule has 2 fully saturated rings. The fourth-order valence-corrected chi connectivity index (χ4v) is 2.66. The number of morpholine rings is 1. The molecule has 1 saturated carbocycles. The molecule has 0 bridgehead atoms. The Morgan fingerprint density at radius 1 is 1.29 bits per heavy atom. The summed E-state index contributed by atoms with van der Waals surface area (Å²) in [7, 11) is 0. The van der Waals surface area contributed by atoms with Gasteiger partial charge in [0.15, 0.2) is 0 Å². The number of carboxylic acid groups (broad SMARTS) is 1. The number of carbonyl (C=O) groups is 2. The number of hydrogen-bond acceptors (Lipinski definition) is 3. The molecular weight excluding hydrogens is 277 g/mol. The molecule has 1 saturated heterocycles. The van der Waals surface area contributed by atoms with Crippen molar-refractivity contribution in [1.82, 2.24) is 4.90 Å². The fourth-order valence-electron chi connectivity index (χ4n) is 2.66. The molecule has 0 unspecified atom stereocenters.